The lowest BCUT2D eigenvalue weighted by Crippen LogP contribution is -2.50. The summed E-state index contributed by atoms with van der Waals surface area (Å²) in [5, 5.41) is 3.22. The van der Waals surface area contributed by atoms with Crippen molar-refractivity contribution in [1.29, 1.82) is 0 Å². The number of hydrogen-bond acceptors (Lipinski definition) is 3. The molecule has 0 aromatic rings. The number of carbonyl (C=O) groups excluding carboxylic acids is 1. The van der Waals surface area contributed by atoms with Crippen molar-refractivity contribution in [2.45, 2.75) is 45.1 Å². The zero-order valence-electron chi connectivity index (χ0n) is 10.7. The van der Waals surface area contributed by atoms with Crippen LogP contribution in [0, 0.1) is 11.3 Å². The third-order valence-corrected chi connectivity index (χ3v) is 5.53. The van der Waals surface area contributed by atoms with Gasteiger partial charge in [-0.3, -0.25) is 4.79 Å². The number of carbonyl (C=O) groups is 1. The van der Waals surface area contributed by atoms with E-state index >= 15 is 0 Å². The van der Waals surface area contributed by atoms with Gasteiger partial charge in [-0.15, -0.1) is 0 Å². The number of rotatable bonds is 3. The topological polar surface area (TPSA) is 55.1 Å². The molecule has 2 aliphatic rings. The standard InChI is InChI=1S/C13H24N2OS/c1-10-2-5-13(9-14,6-3-10)12(16)15-11-4-7-17-8-11/h10-11H,2-9,14H2,1H3,(H,15,16). The number of nitrogens with one attached hydrogen (secondary N) is 1. The molecule has 0 aromatic heterocycles. The van der Waals surface area contributed by atoms with Gasteiger partial charge >= 0.3 is 0 Å². The summed E-state index contributed by atoms with van der Waals surface area (Å²) >= 11 is 1.93. The van der Waals surface area contributed by atoms with Gasteiger partial charge < -0.3 is 11.1 Å². The minimum Gasteiger partial charge on any atom is -0.352 e. The van der Waals surface area contributed by atoms with E-state index in [0.717, 1.165) is 43.8 Å². The first-order valence-corrected chi connectivity index (χ1v) is 7.90. The van der Waals surface area contributed by atoms with Crippen molar-refractivity contribution in [3.63, 3.8) is 0 Å². The third kappa shape index (κ3) is 2.97. The van der Waals surface area contributed by atoms with Crippen LogP contribution in [0.3, 0.4) is 0 Å². The first-order valence-electron chi connectivity index (χ1n) is 6.75. The Bertz CT molecular complexity index is 269. The highest BCUT2D eigenvalue weighted by molar-refractivity contribution is 7.99. The molecule has 4 heteroatoms. The highest BCUT2D eigenvalue weighted by Crippen LogP contribution is 2.38. The van der Waals surface area contributed by atoms with Crippen LogP contribution in [0.2, 0.25) is 0 Å². The zero-order valence-corrected chi connectivity index (χ0v) is 11.5. The zero-order chi connectivity index (χ0) is 12.3. The van der Waals surface area contributed by atoms with E-state index in [1.165, 1.54) is 5.75 Å². The van der Waals surface area contributed by atoms with Crippen LogP contribution < -0.4 is 11.1 Å². The predicted octanol–water partition coefficient (Wildman–Crippen LogP) is 1.76. The molecular formula is C13H24N2OS. The van der Waals surface area contributed by atoms with Gasteiger partial charge in [-0.1, -0.05) is 6.92 Å². The van der Waals surface area contributed by atoms with Crippen molar-refractivity contribution < 1.29 is 4.79 Å². The Balaban J connectivity index is 1.94. The quantitative estimate of drug-likeness (QED) is 0.809. The van der Waals surface area contributed by atoms with Crippen LogP contribution in [0.15, 0.2) is 0 Å². The second kappa shape index (κ2) is 5.61. The van der Waals surface area contributed by atoms with E-state index in [1.54, 1.807) is 0 Å². The van der Waals surface area contributed by atoms with Crippen molar-refractivity contribution in [3.8, 4) is 0 Å². The molecule has 0 bridgehead atoms. The van der Waals surface area contributed by atoms with Crippen LogP contribution >= 0.6 is 11.8 Å². The molecule has 2 rings (SSSR count). The smallest absolute Gasteiger partial charge is 0.227 e. The summed E-state index contributed by atoms with van der Waals surface area (Å²) in [5.74, 6) is 3.23. The van der Waals surface area contributed by atoms with Gasteiger partial charge in [-0.2, -0.15) is 11.8 Å². The molecule has 98 valence electrons. The van der Waals surface area contributed by atoms with E-state index in [9.17, 15) is 4.79 Å². The second-order valence-corrected chi connectivity index (χ2v) is 6.85. The van der Waals surface area contributed by atoms with Gasteiger partial charge in [0.15, 0.2) is 0 Å². The van der Waals surface area contributed by atoms with E-state index in [1.807, 2.05) is 11.8 Å². The van der Waals surface area contributed by atoms with E-state index in [2.05, 4.69) is 12.2 Å². The van der Waals surface area contributed by atoms with Gasteiger partial charge in [-0.25, -0.2) is 0 Å². The first kappa shape index (κ1) is 13.2. The molecule has 1 saturated heterocycles. The molecule has 1 aliphatic carbocycles. The molecule has 17 heavy (non-hydrogen) atoms. The van der Waals surface area contributed by atoms with E-state index in [4.69, 9.17) is 5.73 Å². The number of thioether (sulfide) groups is 1. The predicted molar refractivity (Wildman–Crippen MR) is 73.0 cm³/mol. The molecule has 0 spiro atoms. The molecule has 1 saturated carbocycles. The van der Waals surface area contributed by atoms with Gasteiger partial charge in [0.1, 0.15) is 0 Å². The largest absolute Gasteiger partial charge is 0.352 e. The molecule has 2 fully saturated rings. The van der Waals surface area contributed by atoms with E-state index in [-0.39, 0.29) is 11.3 Å². The summed E-state index contributed by atoms with van der Waals surface area (Å²) in [6, 6.07) is 0.385. The van der Waals surface area contributed by atoms with Crippen LogP contribution in [-0.4, -0.2) is 30.0 Å². The molecule has 3 nitrogen and oxygen atoms in total. The Morgan fingerprint density at radius 1 is 1.41 bits per heavy atom. The van der Waals surface area contributed by atoms with Crippen molar-refractivity contribution in [2.24, 2.45) is 17.1 Å². The van der Waals surface area contributed by atoms with Gasteiger partial charge in [0.25, 0.3) is 0 Å². The summed E-state index contributed by atoms with van der Waals surface area (Å²) in [5.41, 5.74) is 5.63. The molecule has 1 amide bonds. The molecule has 3 N–H and O–H groups in total. The highest BCUT2D eigenvalue weighted by Gasteiger charge is 2.40. The maximum absolute atomic E-state index is 12.4. The molecule has 0 radical (unpaired) electrons. The lowest BCUT2D eigenvalue weighted by Gasteiger charge is -2.37. The molecule has 1 aliphatic heterocycles. The van der Waals surface area contributed by atoms with Crippen molar-refractivity contribution >= 4 is 17.7 Å². The Morgan fingerprint density at radius 3 is 2.65 bits per heavy atom. The van der Waals surface area contributed by atoms with Gasteiger partial charge in [0.2, 0.25) is 5.91 Å². The summed E-state index contributed by atoms with van der Waals surface area (Å²) in [4.78, 5) is 12.4. The van der Waals surface area contributed by atoms with Crippen LogP contribution in [0.1, 0.15) is 39.0 Å². The fourth-order valence-corrected chi connectivity index (χ4v) is 3.98. The average molecular weight is 256 g/mol. The van der Waals surface area contributed by atoms with E-state index in [0.29, 0.717) is 12.6 Å². The summed E-state index contributed by atoms with van der Waals surface area (Å²) < 4.78 is 0. The Morgan fingerprint density at radius 2 is 2.12 bits per heavy atom. The normalized spacial score (nSPS) is 38.0. The Labute approximate surface area is 108 Å². The summed E-state index contributed by atoms with van der Waals surface area (Å²) in [6.07, 6.45) is 5.34. The number of hydrogen-bond donors (Lipinski definition) is 2. The monoisotopic (exact) mass is 256 g/mol. The fraction of sp³-hybridized carbons (Fsp3) is 0.923. The Kier molecular flexibility index (Phi) is 4.36. The maximum atomic E-state index is 12.4. The maximum Gasteiger partial charge on any atom is 0.227 e. The van der Waals surface area contributed by atoms with Crippen LogP contribution in [0.5, 0.6) is 0 Å². The lowest BCUT2D eigenvalue weighted by molar-refractivity contribution is -0.133. The summed E-state index contributed by atoms with van der Waals surface area (Å²) in [7, 11) is 0. The van der Waals surface area contributed by atoms with Gasteiger partial charge in [0.05, 0.1) is 5.41 Å². The van der Waals surface area contributed by atoms with Crippen molar-refractivity contribution in [2.75, 3.05) is 18.1 Å². The minimum atomic E-state index is -0.264. The number of nitrogens with two attached hydrogens (primary N) is 1. The van der Waals surface area contributed by atoms with Crippen molar-refractivity contribution in [1.82, 2.24) is 5.32 Å². The molecule has 0 aromatic carbocycles. The molecule has 1 unspecified atom stereocenters. The SMILES string of the molecule is CC1CCC(CN)(C(=O)NC2CCSC2)CC1. The fourth-order valence-electron chi connectivity index (χ4n) is 2.83. The first-order chi connectivity index (χ1) is 8.16. The molecule has 1 atom stereocenters. The second-order valence-electron chi connectivity index (χ2n) is 5.70. The summed E-state index contributed by atoms with van der Waals surface area (Å²) in [6.45, 7) is 2.78. The highest BCUT2D eigenvalue weighted by atomic mass is 32.2. The number of amides is 1. The van der Waals surface area contributed by atoms with E-state index < -0.39 is 0 Å². The van der Waals surface area contributed by atoms with Crippen LogP contribution in [-0.2, 0) is 4.79 Å². The Hall–Kier alpha value is -0.220. The molecule has 1 heterocycles. The third-order valence-electron chi connectivity index (χ3n) is 4.37. The van der Waals surface area contributed by atoms with Gasteiger partial charge in [-0.05, 0) is 43.8 Å². The minimum absolute atomic E-state index is 0.222. The molecular weight excluding hydrogens is 232 g/mol. The van der Waals surface area contributed by atoms with Crippen LogP contribution in [0.4, 0.5) is 0 Å². The van der Waals surface area contributed by atoms with Gasteiger partial charge in [0, 0.05) is 18.3 Å². The van der Waals surface area contributed by atoms with Crippen LogP contribution in [0.25, 0.3) is 0 Å². The lowest BCUT2D eigenvalue weighted by atomic mass is 9.70. The van der Waals surface area contributed by atoms with Crippen molar-refractivity contribution in [3.05, 3.63) is 0 Å². The average Bonchev–Trinajstić information content (AvgIpc) is 2.83.